The molecule has 0 spiro atoms. The molecule has 12 nitrogen and oxygen atoms in total. The molecule has 0 heterocycles. The van der Waals surface area contributed by atoms with Crippen molar-refractivity contribution in [2.45, 2.75) is 0 Å². The Kier molecular flexibility index (Phi) is 14.0. The second-order valence-electron chi connectivity index (χ2n) is 3.91. The Morgan fingerprint density at radius 3 is 0.864 bits per heavy atom. The van der Waals surface area contributed by atoms with Crippen LogP contribution in [0.5, 0.6) is 0 Å². The molecule has 0 fully saturated rings. The van der Waals surface area contributed by atoms with Gasteiger partial charge in [-0.2, -0.15) is 0 Å². The van der Waals surface area contributed by atoms with Crippen molar-refractivity contribution < 1.29 is 50.6 Å². The number of hydrogen-bond acceptors (Lipinski definition) is 10. The zero-order chi connectivity index (χ0) is 15.7. The predicted molar refractivity (Wildman–Crippen MR) is 60.1 cm³/mol. The summed E-state index contributed by atoms with van der Waals surface area (Å²) < 4.78 is 0. The van der Waals surface area contributed by atoms with Crippen molar-refractivity contribution in [1.29, 1.82) is 0 Å². The van der Waals surface area contributed by atoms with E-state index in [-0.39, 0.29) is 24.0 Å². The Balaban J connectivity index is -0.00000180. The van der Waals surface area contributed by atoms with Crippen LogP contribution in [0.25, 0.3) is 0 Å². The lowest BCUT2D eigenvalue weighted by Crippen LogP contribution is -2.50. The summed E-state index contributed by atoms with van der Waals surface area (Å²) in [6, 6.07) is 0. The molecule has 0 rings (SSSR count). The summed E-state index contributed by atoms with van der Waals surface area (Å²) in [6.07, 6.45) is 0. The summed E-state index contributed by atoms with van der Waals surface area (Å²) in [7, 11) is 0. The van der Waals surface area contributed by atoms with Crippen LogP contribution in [-0.2, 0) is 19.2 Å². The molecule has 0 bridgehead atoms. The van der Waals surface area contributed by atoms with Crippen LogP contribution < -0.4 is 20.4 Å². The van der Waals surface area contributed by atoms with Gasteiger partial charge in [0.1, 0.15) is 0 Å². The molecule has 130 valence electrons. The van der Waals surface area contributed by atoms with Crippen LogP contribution in [0, 0.1) is 0 Å². The van der Waals surface area contributed by atoms with Gasteiger partial charge in [-0.05, 0) is 0 Å². The first kappa shape index (κ1) is 24.7. The van der Waals surface area contributed by atoms with Gasteiger partial charge < -0.3 is 50.6 Å². The van der Waals surface area contributed by atoms with E-state index >= 15 is 0 Å². The molecule has 0 aromatic carbocycles. The molecular formula is C10H16N2O10-4. The number of hydrogen-bond donors (Lipinski definition) is 0. The minimum absolute atomic E-state index is 0. The summed E-state index contributed by atoms with van der Waals surface area (Å²) >= 11 is 0. The molecule has 0 unspecified atom stereocenters. The highest BCUT2D eigenvalue weighted by Gasteiger charge is 2.10. The van der Waals surface area contributed by atoms with Gasteiger partial charge >= 0.3 is 0 Å². The first-order valence-electron chi connectivity index (χ1n) is 5.44. The first-order chi connectivity index (χ1) is 9.20. The molecule has 0 amide bonds. The maximum atomic E-state index is 10.4. The molecule has 0 aliphatic heterocycles. The van der Waals surface area contributed by atoms with E-state index < -0.39 is 50.1 Å². The maximum Gasteiger partial charge on any atom is 0.0555 e. The van der Waals surface area contributed by atoms with Crippen molar-refractivity contribution in [3.05, 3.63) is 0 Å². The molecule has 0 radical (unpaired) electrons. The summed E-state index contributed by atoms with van der Waals surface area (Å²) in [5.74, 6) is -6.12. The number of rotatable bonds is 11. The van der Waals surface area contributed by atoms with Crippen molar-refractivity contribution in [2.24, 2.45) is 0 Å². The Hall–Kier alpha value is -2.28. The Morgan fingerprint density at radius 2 is 0.727 bits per heavy atom. The highest BCUT2D eigenvalue weighted by molar-refractivity contribution is 5.71. The summed E-state index contributed by atoms with van der Waals surface area (Å²) in [6.45, 7) is -3.25. The van der Waals surface area contributed by atoms with Gasteiger partial charge in [0, 0.05) is 39.3 Å². The van der Waals surface area contributed by atoms with Gasteiger partial charge in [-0.15, -0.1) is 0 Å². The third-order valence-corrected chi connectivity index (χ3v) is 2.14. The molecule has 4 N–H and O–H groups in total. The second kappa shape index (κ2) is 12.5. The molecule has 0 saturated heterocycles. The van der Waals surface area contributed by atoms with Gasteiger partial charge in [0.25, 0.3) is 0 Å². The standard InChI is InChI=1S/C10H16N2O8.2H2O/c13-7(14)3-11(4-8(15)16)1-2-12(5-9(17)18)6-10(19)20;;/h1-6H2,(H,13,14)(H,15,16)(H,17,18)(H,19,20);2*1H2/p-4. The average molecular weight is 324 g/mol. The van der Waals surface area contributed by atoms with E-state index in [9.17, 15) is 39.6 Å². The van der Waals surface area contributed by atoms with Gasteiger partial charge in [0.05, 0.1) is 23.9 Å². The molecule has 22 heavy (non-hydrogen) atoms. The molecule has 12 heteroatoms. The molecule has 0 aromatic rings. The SMILES string of the molecule is O.O.O=C([O-])CN(CCN(CC(=O)[O-])CC(=O)[O-])CC(=O)[O-]. The fourth-order valence-corrected chi connectivity index (χ4v) is 1.44. The van der Waals surface area contributed by atoms with E-state index in [1.54, 1.807) is 0 Å². The fraction of sp³-hybridized carbons (Fsp3) is 0.600. The Bertz CT molecular complexity index is 318. The fourth-order valence-electron chi connectivity index (χ4n) is 1.44. The van der Waals surface area contributed by atoms with E-state index in [2.05, 4.69) is 0 Å². The van der Waals surface area contributed by atoms with E-state index in [0.717, 1.165) is 9.80 Å². The smallest absolute Gasteiger partial charge is 0.0555 e. The molecule has 0 saturated carbocycles. The molecule has 0 atom stereocenters. The van der Waals surface area contributed by atoms with Gasteiger partial charge in [0.2, 0.25) is 0 Å². The lowest BCUT2D eigenvalue weighted by Gasteiger charge is -2.28. The highest BCUT2D eigenvalue weighted by Crippen LogP contribution is 1.92. The highest BCUT2D eigenvalue weighted by atomic mass is 16.4. The monoisotopic (exact) mass is 324 g/mol. The molecular weight excluding hydrogens is 308 g/mol. The third kappa shape index (κ3) is 14.1. The lowest BCUT2D eigenvalue weighted by molar-refractivity contribution is -0.314. The lowest BCUT2D eigenvalue weighted by atomic mass is 10.4. The molecule has 0 aliphatic rings. The second-order valence-corrected chi connectivity index (χ2v) is 3.91. The van der Waals surface area contributed by atoms with Crippen LogP contribution in [0.4, 0.5) is 0 Å². The Morgan fingerprint density at radius 1 is 0.545 bits per heavy atom. The van der Waals surface area contributed by atoms with Crippen LogP contribution >= 0.6 is 0 Å². The van der Waals surface area contributed by atoms with Gasteiger partial charge in [-0.3, -0.25) is 9.80 Å². The zero-order valence-corrected chi connectivity index (χ0v) is 11.4. The van der Waals surface area contributed by atoms with E-state index in [0.29, 0.717) is 0 Å². The van der Waals surface area contributed by atoms with Crippen molar-refractivity contribution in [3.63, 3.8) is 0 Å². The van der Waals surface area contributed by atoms with Gasteiger partial charge in [-0.25, -0.2) is 0 Å². The summed E-state index contributed by atoms with van der Waals surface area (Å²) in [5, 5.41) is 41.6. The van der Waals surface area contributed by atoms with Crippen LogP contribution in [-0.4, -0.2) is 83.9 Å². The van der Waals surface area contributed by atoms with Gasteiger partial charge in [-0.1, -0.05) is 0 Å². The number of aliphatic carboxylic acids is 4. The number of carboxylic acids is 4. The number of carboxylic acid groups (broad SMARTS) is 4. The van der Waals surface area contributed by atoms with Crippen LogP contribution in [0.15, 0.2) is 0 Å². The molecule has 0 aliphatic carbocycles. The van der Waals surface area contributed by atoms with Gasteiger partial charge in [0.15, 0.2) is 0 Å². The largest absolute Gasteiger partial charge is 0.549 e. The van der Waals surface area contributed by atoms with Crippen molar-refractivity contribution in [3.8, 4) is 0 Å². The maximum absolute atomic E-state index is 10.4. The van der Waals surface area contributed by atoms with E-state index in [1.165, 1.54) is 0 Å². The summed E-state index contributed by atoms with van der Waals surface area (Å²) in [4.78, 5) is 43.4. The minimum Gasteiger partial charge on any atom is -0.549 e. The van der Waals surface area contributed by atoms with E-state index in [1.807, 2.05) is 0 Å². The van der Waals surface area contributed by atoms with Crippen molar-refractivity contribution in [2.75, 3.05) is 39.3 Å². The van der Waals surface area contributed by atoms with Crippen molar-refractivity contribution >= 4 is 23.9 Å². The van der Waals surface area contributed by atoms with Crippen molar-refractivity contribution in [1.82, 2.24) is 9.80 Å². The topological polar surface area (TPSA) is 230 Å². The zero-order valence-electron chi connectivity index (χ0n) is 11.4. The first-order valence-corrected chi connectivity index (χ1v) is 5.44. The van der Waals surface area contributed by atoms with Crippen LogP contribution in [0.3, 0.4) is 0 Å². The van der Waals surface area contributed by atoms with Crippen LogP contribution in [0.2, 0.25) is 0 Å². The third-order valence-electron chi connectivity index (χ3n) is 2.14. The normalized spacial score (nSPS) is 9.73. The quantitative estimate of drug-likeness (QED) is 0.348. The molecule has 0 aromatic heterocycles. The Labute approximate surface area is 124 Å². The van der Waals surface area contributed by atoms with E-state index in [4.69, 9.17) is 0 Å². The number of nitrogens with zero attached hydrogens (tertiary/aromatic N) is 2. The predicted octanol–water partition coefficient (Wildman–Crippen LogP) is -9.06. The summed E-state index contributed by atoms with van der Waals surface area (Å²) in [5.41, 5.74) is 0. The van der Waals surface area contributed by atoms with Crippen LogP contribution in [0.1, 0.15) is 0 Å². The average Bonchev–Trinajstić information content (AvgIpc) is 2.22. The number of carbonyl (C=O) groups is 4. The number of carbonyl (C=O) groups excluding carboxylic acids is 4. The minimum atomic E-state index is -1.53.